The first-order chi connectivity index (χ1) is 29.1. The molecule has 322 valence electrons. The lowest BCUT2D eigenvalue weighted by Gasteiger charge is -2.15. The predicted molar refractivity (Wildman–Crippen MR) is 237 cm³/mol. The highest BCUT2D eigenvalue weighted by Gasteiger charge is 2.38. The number of alkyl halides is 6. The van der Waals surface area contributed by atoms with Gasteiger partial charge in [-0.25, -0.2) is 19.6 Å². The number of nitrogens with one attached hydrogen (secondary N) is 2. The molecule has 7 rings (SSSR count). The van der Waals surface area contributed by atoms with Crippen molar-refractivity contribution in [2.45, 2.75) is 63.7 Å². The van der Waals surface area contributed by atoms with Crippen LogP contribution in [0.3, 0.4) is 0 Å². The Morgan fingerprint density at radius 2 is 0.839 bits per heavy atom. The number of esters is 2. The van der Waals surface area contributed by atoms with E-state index in [1.165, 1.54) is 85.0 Å². The van der Waals surface area contributed by atoms with Crippen molar-refractivity contribution < 1.29 is 45.4 Å². The molecule has 8 bridgehead atoms. The molecule has 2 aliphatic rings. The molecule has 0 saturated heterocycles. The maximum atomic E-state index is 15.1. The highest BCUT2D eigenvalue weighted by molar-refractivity contribution is 6.76. The van der Waals surface area contributed by atoms with E-state index < -0.39 is 63.0 Å². The lowest BCUT2D eigenvalue weighted by molar-refractivity contribution is -0.137. The predicted octanol–water partition coefficient (Wildman–Crippen LogP) is 13.0. The molecule has 2 aromatic carbocycles. The number of halogens is 6. The molecule has 0 spiro atoms. The van der Waals surface area contributed by atoms with Gasteiger partial charge in [-0.2, -0.15) is 26.3 Å². The van der Waals surface area contributed by atoms with E-state index in [-0.39, 0.29) is 68.9 Å². The average molecular weight is 887 g/mol. The van der Waals surface area contributed by atoms with Gasteiger partial charge < -0.3 is 19.4 Å². The summed E-state index contributed by atoms with van der Waals surface area (Å²) < 4.78 is 102. The molecule has 0 atom stereocenters. The van der Waals surface area contributed by atoms with E-state index in [1.54, 1.807) is 12.1 Å². The van der Waals surface area contributed by atoms with E-state index in [4.69, 9.17) is 9.47 Å². The van der Waals surface area contributed by atoms with Gasteiger partial charge in [-0.3, -0.25) is 0 Å². The third-order valence-corrected chi connectivity index (χ3v) is 13.7. The van der Waals surface area contributed by atoms with Gasteiger partial charge in [0, 0.05) is 38.3 Å². The van der Waals surface area contributed by atoms with Crippen molar-refractivity contribution in [3.8, 4) is 22.3 Å². The Hall–Kier alpha value is -6.01. The fraction of sp³-hybridized carbons (Fsp3) is 0.261. The summed E-state index contributed by atoms with van der Waals surface area (Å²) >= 11 is 0. The molecular weight excluding hydrogens is 843 g/mol. The topological polar surface area (TPSA) is 110 Å². The summed E-state index contributed by atoms with van der Waals surface area (Å²) in [6.07, 6.45) is -4.73. The highest BCUT2D eigenvalue weighted by atomic mass is 28.3. The van der Waals surface area contributed by atoms with E-state index >= 15 is 26.3 Å². The van der Waals surface area contributed by atoms with Crippen molar-refractivity contribution >= 4 is 74.5 Å². The first-order valence-corrected chi connectivity index (χ1v) is 27.3. The first-order valence-electron chi connectivity index (χ1n) is 19.9. The lowest BCUT2D eigenvalue weighted by Crippen LogP contribution is -2.22. The molecule has 0 unspecified atom stereocenters. The summed E-state index contributed by atoms with van der Waals surface area (Å²) in [5.74, 6) is -1.11. The number of benzene rings is 2. The number of fused-ring (bicyclic) bond motifs is 8. The van der Waals surface area contributed by atoms with Crippen LogP contribution >= 0.6 is 0 Å². The van der Waals surface area contributed by atoms with Crippen LogP contribution in [0.4, 0.5) is 26.3 Å². The van der Waals surface area contributed by atoms with Crippen LogP contribution in [-0.4, -0.2) is 61.2 Å². The molecule has 0 amide bonds. The van der Waals surface area contributed by atoms with Crippen molar-refractivity contribution in [1.82, 2.24) is 19.9 Å². The van der Waals surface area contributed by atoms with E-state index in [2.05, 4.69) is 59.2 Å². The maximum Gasteiger partial charge on any atom is 0.420 e. The van der Waals surface area contributed by atoms with Crippen LogP contribution in [0.5, 0.6) is 0 Å². The molecule has 62 heavy (non-hydrogen) atoms. The largest absolute Gasteiger partial charge is 0.462 e. The SMILES string of the molecule is C[Si](C)(C)CCOC(=O)c1ccc(-c2c3nc(c(C(F)(F)F)c4ccc([nH]4)c(-c4ccc(C(=O)OCC[Si](C)(C)C)cc4)c4ccc([nH]4)c(C(F)(F)F)c4nc2C=C4)C=C3)cc1. The molecule has 0 fully saturated rings. The van der Waals surface area contributed by atoms with Gasteiger partial charge >= 0.3 is 24.3 Å². The van der Waals surface area contributed by atoms with Crippen molar-refractivity contribution in [3.05, 3.63) is 118 Å². The van der Waals surface area contributed by atoms with Crippen molar-refractivity contribution in [2.24, 2.45) is 0 Å². The molecule has 16 heteroatoms. The van der Waals surface area contributed by atoms with Crippen LogP contribution in [0.25, 0.3) is 68.6 Å². The van der Waals surface area contributed by atoms with Gasteiger partial charge in [0.1, 0.15) is 11.1 Å². The fourth-order valence-electron chi connectivity index (χ4n) is 7.02. The number of aromatic amines is 2. The van der Waals surface area contributed by atoms with Gasteiger partial charge in [-0.15, -0.1) is 0 Å². The number of nitrogens with zero attached hydrogens (tertiary/aromatic N) is 2. The quantitative estimate of drug-likeness (QED) is 0.0804. The minimum Gasteiger partial charge on any atom is -0.462 e. The van der Waals surface area contributed by atoms with Crippen LogP contribution in [0.2, 0.25) is 51.4 Å². The second kappa shape index (κ2) is 16.7. The second-order valence-corrected chi connectivity index (χ2v) is 28.8. The summed E-state index contributed by atoms with van der Waals surface area (Å²) in [6.45, 7) is 13.4. The Morgan fingerprint density at radius 1 is 0.500 bits per heavy atom. The van der Waals surface area contributed by atoms with E-state index in [0.717, 1.165) is 12.1 Å². The molecule has 8 nitrogen and oxygen atoms in total. The summed E-state index contributed by atoms with van der Waals surface area (Å²) in [6, 6.07) is 19.0. The second-order valence-electron chi connectivity index (χ2n) is 17.5. The molecule has 3 aromatic heterocycles. The Balaban J connectivity index is 1.44. The molecule has 5 heterocycles. The Bertz CT molecular complexity index is 2660. The normalized spacial score (nSPS) is 13.1. The number of hydrogen-bond donors (Lipinski definition) is 2. The standard InChI is InChI=1S/C46H44F6N4O4Si2/c1-61(2,3)25-23-59-43(57)29-11-7-27(8-12-29)39-31-15-19-35(53-31)41(45(47,48)49)37-21-17-33(55-37)40(28-9-13-30(14-10-28)44(58)60-24-26-62(4,5)6)34-18-22-38(56-34)42(46(50,51)52)36-20-16-32(39)54-36/h7-22,53-54H,23-26H2,1-6H3. The molecule has 0 radical (unpaired) electrons. The monoisotopic (exact) mass is 886 g/mol. The summed E-state index contributed by atoms with van der Waals surface area (Å²) in [5, 5.41) is 0. The number of rotatable bonds is 10. The van der Waals surface area contributed by atoms with Crippen molar-refractivity contribution in [3.63, 3.8) is 0 Å². The molecule has 0 saturated carbocycles. The number of hydrogen-bond acceptors (Lipinski definition) is 6. The zero-order chi connectivity index (χ0) is 44.8. The molecular formula is C46H44F6N4O4Si2. The van der Waals surface area contributed by atoms with Crippen LogP contribution < -0.4 is 0 Å². The van der Waals surface area contributed by atoms with E-state index in [9.17, 15) is 9.59 Å². The van der Waals surface area contributed by atoms with Gasteiger partial charge in [0.15, 0.2) is 0 Å². The lowest BCUT2D eigenvalue weighted by atomic mass is 10.0. The number of carbonyl (C=O) groups is 2. The minimum atomic E-state index is -4.91. The molecule has 2 aliphatic heterocycles. The zero-order valence-electron chi connectivity index (χ0n) is 34.9. The summed E-state index contributed by atoms with van der Waals surface area (Å²) in [7, 11) is -2.96. The minimum absolute atomic E-state index is 0.0119. The van der Waals surface area contributed by atoms with Crippen molar-refractivity contribution in [2.75, 3.05) is 13.2 Å². The average Bonchev–Trinajstić information content (AvgIpc) is 4.01. The number of aromatic nitrogens is 4. The van der Waals surface area contributed by atoms with Gasteiger partial charge in [0.2, 0.25) is 0 Å². The molecule has 2 N–H and O–H groups in total. The fourth-order valence-corrected chi connectivity index (χ4v) is 8.45. The van der Waals surface area contributed by atoms with Gasteiger partial charge in [-0.05, 0) is 96.1 Å². The molecule has 0 aliphatic carbocycles. The van der Waals surface area contributed by atoms with Crippen LogP contribution in [0.1, 0.15) is 54.6 Å². The number of H-pyrrole nitrogens is 2. The first kappa shape index (κ1) is 44.1. The third kappa shape index (κ3) is 9.86. The Morgan fingerprint density at radius 3 is 1.19 bits per heavy atom. The maximum absolute atomic E-state index is 15.1. The van der Waals surface area contributed by atoms with Crippen LogP contribution in [0, 0.1) is 0 Å². The van der Waals surface area contributed by atoms with Crippen LogP contribution in [-0.2, 0) is 21.8 Å². The van der Waals surface area contributed by atoms with Crippen molar-refractivity contribution in [1.29, 1.82) is 0 Å². The van der Waals surface area contributed by atoms with Gasteiger partial charge in [-0.1, -0.05) is 63.5 Å². The smallest absolute Gasteiger partial charge is 0.420 e. The van der Waals surface area contributed by atoms with Crippen LogP contribution in [0.15, 0.2) is 72.8 Å². The number of carbonyl (C=O) groups excluding carboxylic acids is 2. The molecule has 5 aromatic rings. The van der Waals surface area contributed by atoms with Gasteiger partial charge in [0.25, 0.3) is 0 Å². The zero-order valence-corrected chi connectivity index (χ0v) is 36.9. The summed E-state index contributed by atoms with van der Waals surface area (Å²) in [5.41, 5.74) is -1.84. The summed E-state index contributed by atoms with van der Waals surface area (Å²) in [4.78, 5) is 40.3. The van der Waals surface area contributed by atoms with E-state index in [0.29, 0.717) is 11.1 Å². The third-order valence-electron chi connectivity index (χ3n) is 10.3. The van der Waals surface area contributed by atoms with E-state index in [1.807, 2.05) is 0 Å². The number of ether oxygens (including phenoxy) is 2. The Kier molecular flexibility index (Phi) is 11.9. The Labute approximate surface area is 355 Å². The van der Waals surface area contributed by atoms with Gasteiger partial charge in [0.05, 0.1) is 58.1 Å². The highest BCUT2D eigenvalue weighted by Crippen LogP contribution is 2.41.